The summed E-state index contributed by atoms with van der Waals surface area (Å²) in [6.45, 7) is 7.99. The van der Waals surface area contributed by atoms with E-state index in [2.05, 4.69) is 10.6 Å². The summed E-state index contributed by atoms with van der Waals surface area (Å²) in [5.74, 6) is -2.30. The highest BCUT2D eigenvalue weighted by molar-refractivity contribution is 6.53. The van der Waals surface area contributed by atoms with Crippen molar-refractivity contribution < 1.29 is 23.9 Å². The molecule has 0 unspecified atom stereocenters. The van der Waals surface area contributed by atoms with Crippen molar-refractivity contribution >= 4 is 52.4 Å². The number of aryl methyl sites for hydroxylation is 3. The van der Waals surface area contributed by atoms with Crippen LogP contribution in [0.15, 0.2) is 71.4 Å². The summed E-state index contributed by atoms with van der Waals surface area (Å²) in [6.07, 6.45) is 0.664. The van der Waals surface area contributed by atoms with E-state index in [1.54, 1.807) is 30.3 Å². The van der Waals surface area contributed by atoms with E-state index in [1.165, 1.54) is 18.2 Å². The number of amides is 3. The second-order valence-corrected chi connectivity index (χ2v) is 9.63. The minimum absolute atomic E-state index is 0.136. The van der Waals surface area contributed by atoms with Crippen molar-refractivity contribution in [2.24, 2.45) is 0 Å². The molecule has 3 amide bonds. The third-order valence-electron chi connectivity index (χ3n) is 6.11. The molecule has 1 heterocycles. The first-order valence-electron chi connectivity index (χ1n) is 12.4. The molecule has 0 fully saturated rings. The van der Waals surface area contributed by atoms with E-state index in [1.807, 2.05) is 39.8 Å². The Labute approximate surface area is 231 Å². The maximum atomic E-state index is 13.3. The number of benzene rings is 3. The van der Waals surface area contributed by atoms with Gasteiger partial charge in [-0.05, 0) is 74.7 Å². The van der Waals surface area contributed by atoms with Gasteiger partial charge in [0.05, 0.1) is 17.9 Å². The summed E-state index contributed by atoms with van der Waals surface area (Å²) in [5, 5.41) is 5.53. The van der Waals surface area contributed by atoms with E-state index in [0.29, 0.717) is 17.7 Å². The van der Waals surface area contributed by atoms with E-state index in [9.17, 15) is 19.2 Å². The summed E-state index contributed by atoms with van der Waals surface area (Å²) in [4.78, 5) is 52.4. The molecule has 1 aliphatic rings. The van der Waals surface area contributed by atoms with Gasteiger partial charge in [0.1, 0.15) is 10.7 Å². The van der Waals surface area contributed by atoms with Gasteiger partial charge in [0.2, 0.25) is 0 Å². The summed E-state index contributed by atoms with van der Waals surface area (Å²) in [5.41, 5.74) is 4.74. The number of nitrogens with one attached hydrogen (secondary N) is 2. The zero-order valence-electron chi connectivity index (χ0n) is 22.1. The van der Waals surface area contributed by atoms with Crippen molar-refractivity contribution in [3.63, 3.8) is 0 Å². The first-order chi connectivity index (χ1) is 18.6. The maximum Gasteiger partial charge on any atom is 0.338 e. The lowest BCUT2D eigenvalue weighted by molar-refractivity contribution is -0.120. The van der Waals surface area contributed by atoms with Crippen LogP contribution < -0.4 is 15.5 Å². The highest BCUT2D eigenvalue weighted by Crippen LogP contribution is 2.31. The summed E-state index contributed by atoms with van der Waals surface area (Å²) >= 11 is 6.28. The molecule has 0 bridgehead atoms. The molecule has 2 N–H and O–H groups in total. The molecule has 39 heavy (non-hydrogen) atoms. The number of ether oxygens (including phenoxy) is 1. The van der Waals surface area contributed by atoms with Crippen LogP contribution in [0.2, 0.25) is 0 Å². The van der Waals surface area contributed by atoms with Crippen LogP contribution in [0.1, 0.15) is 50.8 Å². The van der Waals surface area contributed by atoms with Crippen molar-refractivity contribution in [2.45, 2.75) is 34.1 Å². The van der Waals surface area contributed by atoms with Crippen LogP contribution >= 0.6 is 11.6 Å². The van der Waals surface area contributed by atoms with Gasteiger partial charge in [0.25, 0.3) is 17.7 Å². The summed E-state index contributed by atoms with van der Waals surface area (Å²) < 4.78 is 5.15. The third kappa shape index (κ3) is 5.86. The Morgan fingerprint density at radius 3 is 2.26 bits per heavy atom. The van der Waals surface area contributed by atoms with Gasteiger partial charge in [-0.15, -0.1) is 0 Å². The lowest BCUT2D eigenvalue weighted by Gasteiger charge is -2.16. The van der Waals surface area contributed by atoms with Crippen LogP contribution in [0.4, 0.5) is 17.1 Å². The number of imide groups is 1. The van der Waals surface area contributed by atoms with Gasteiger partial charge in [-0.1, -0.05) is 48.4 Å². The zero-order chi connectivity index (χ0) is 28.3. The molecule has 3 aromatic rings. The molecule has 0 aliphatic carbocycles. The van der Waals surface area contributed by atoms with Gasteiger partial charge in [-0.3, -0.25) is 14.4 Å². The molecule has 4 rings (SSSR count). The minimum Gasteiger partial charge on any atom is -0.462 e. The normalized spacial score (nSPS) is 13.1. The molecule has 8 nitrogen and oxygen atoms in total. The largest absolute Gasteiger partial charge is 0.462 e. The van der Waals surface area contributed by atoms with Gasteiger partial charge in [-0.25, -0.2) is 9.69 Å². The second-order valence-electron chi connectivity index (χ2n) is 9.25. The molecule has 0 saturated carbocycles. The molecular formula is C30H28ClN3O5. The number of esters is 1. The van der Waals surface area contributed by atoms with E-state index in [4.69, 9.17) is 16.3 Å². The molecule has 1 aliphatic heterocycles. The van der Waals surface area contributed by atoms with E-state index in [-0.39, 0.29) is 34.5 Å². The average Bonchev–Trinajstić information content (AvgIpc) is 3.12. The topological polar surface area (TPSA) is 105 Å². The highest BCUT2D eigenvalue weighted by Gasteiger charge is 2.39. The molecule has 0 saturated heterocycles. The number of hydrogen-bond acceptors (Lipinski definition) is 6. The van der Waals surface area contributed by atoms with Crippen molar-refractivity contribution in [3.05, 3.63) is 99.2 Å². The Bertz CT molecular complexity index is 1510. The molecule has 9 heteroatoms. The number of carbonyl (C=O) groups excluding carboxylic acids is 4. The molecule has 0 atom stereocenters. The highest BCUT2D eigenvalue weighted by atomic mass is 35.5. The standard InChI is InChI=1S/C30H28ClN3O5/c1-5-12-39-30(38)21-9-7-11-23(16-21)34-28(36)24(31)26(29(34)37)32-22-10-6-8-20(15-22)27(35)33-25-18(3)13-17(2)14-19(25)4/h6-11,13-16,32H,5,12H2,1-4H3,(H,33,35). The van der Waals surface area contributed by atoms with Crippen molar-refractivity contribution in [3.8, 4) is 0 Å². The molecule has 200 valence electrons. The Morgan fingerprint density at radius 1 is 0.897 bits per heavy atom. The van der Waals surface area contributed by atoms with E-state index in [0.717, 1.165) is 27.3 Å². The number of carbonyl (C=O) groups is 4. The maximum absolute atomic E-state index is 13.3. The van der Waals surface area contributed by atoms with Gasteiger partial charge >= 0.3 is 5.97 Å². The first-order valence-corrected chi connectivity index (χ1v) is 12.8. The van der Waals surface area contributed by atoms with Gasteiger partial charge < -0.3 is 15.4 Å². The molecular weight excluding hydrogens is 518 g/mol. The quantitative estimate of drug-likeness (QED) is 0.271. The minimum atomic E-state index is -0.734. The van der Waals surface area contributed by atoms with E-state index < -0.39 is 17.8 Å². The number of halogens is 1. The fourth-order valence-electron chi connectivity index (χ4n) is 4.34. The average molecular weight is 546 g/mol. The van der Waals surface area contributed by atoms with Crippen LogP contribution in [0, 0.1) is 20.8 Å². The van der Waals surface area contributed by atoms with Crippen molar-refractivity contribution in [2.75, 3.05) is 22.1 Å². The van der Waals surface area contributed by atoms with Gasteiger partial charge in [-0.2, -0.15) is 0 Å². The Morgan fingerprint density at radius 2 is 1.56 bits per heavy atom. The first kappa shape index (κ1) is 27.6. The Kier molecular flexibility index (Phi) is 8.16. The monoisotopic (exact) mass is 545 g/mol. The van der Waals surface area contributed by atoms with Gasteiger partial charge in [0.15, 0.2) is 0 Å². The second kappa shape index (κ2) is 11.5. The fraction of sp³-hybridized carbons (Fsp3) is 0.200. The third-order valence-corrected chi connectivity index (χ3v) is 6.46. The van der Waals surface area contributed by atoms with Crippen molar-refractivity contribution in [1.29, 1.82) is 0 Å². The van der Waals surface area contributed by atoms with Crippen molar-refractivity contribution in [1.82, 2.24) is 0 Å². The predicted octanol–water partition coefficient (Wildman–Crippen LogP) is 5.87. The number of nitrogens with zero attached hydrogens (tertiary/aromatic N) is 1. The molecule has 0 aromatic heterocycles. The van der Waals surface area contributed by atoms with Crippen LogP contribution in [-0.4, -0.2) is 30.3 Å². The van der Waals surface area contributed by atoms with Gasteiger partial charge in [0, 0.05) is 16.9 Å². The SMILES string of the molecule is CCCOC(=O)c1cccc(N2C(=O)C(Cl)=C(Nc3cccc(C(=O)Nc4c(C)cc(C)cc4C)c3)C2=O)c1. The van der Waals surface area contributed by atoms with Crippen LogP contribution in [-0.2, 0) is 14.3 Å². The Hall–Kier alpha value is -4.43. The lowest BCUT2D eigenvalue weighted by atomic mass is 10.0. The molecule has 0 spiro atoms. The van der Waals surface area contributed by atoms with E-state index >= 15 is 0 Å². The smallest absolute Gasteiger partial charge is 0.338 e. The zero-order valence-corrected chi connectivity index (χ0v) is 22.8. The number of anilines is 3. The molecule has 3 aromatic carbocycles. The fourth-order valence-corrected chi connectivity index (χ4v) is 4.55. The summed E-state index contributed by atoms with van der Waals surface area (Å²) in [7, 11) is 0. The van der Waals surface area contributed by atoms with Crippen LogP contribution in [0.3, 0.4) is 0 Å². The summed E-state index contributed by atoms with van der Waals surface area (Å²) in [6, 6.07) is 16.5. The van der Waals surface area contributed by atoms with Crippen LogP contribution in [0.5, 0.6) is 0 Å². The predicted molar refractivity (Wildman–Crippen MR) is 151 cm³/mol. The van der Waals surface area contributed by atoms with Crippen LogP contribution in [0.25, 0.3) is 0 Å². The Balaban J connectivity index is 1.53. The lowest BCUT2D eigenvalue weighted by Crippen LogP contribution is -2.32. The number of rotatable bonds is 8. The number of hydrogen-bond donors (Lipinski definition) is 2. The molecule has 0 radical (unpaired) electrons.